The Morgan fingerprint density at radius 1 is 1.38 bits per heavy atom. The predicted molar refractivity (Wildman–Crippen MR) is 59.4 cm³/mol. The van der Waals surface area contributed by atoms with Gasteiger partial charge >= 0.3 is 0 Å². The van der Waals surface area contributed by atoms with Crippen LogP contribution in [0.2, 0.25) is 0 Å². The third-order valence-corrected chi connectivity index (χ3v) is 4.06. The van der Waals surface area contributed by atoms with E-state index in [1.807, 2.05) is 6.92 Å². The first-order chi connectivity index (χ1) is 7.56. The highest BCUT2D eigenvalue weighted by atomic mass is 32.2. The minimum Gasteiger partial charge on any atom is -0.446 e. The molecule has 0 aliphatic heterocycles. The summed E-state index contributed by atoms with van der Waals surface area (Å²) in [6.45, 7) is 4.28. The van der Waals surface area contributed by atoms with Gasteiger partial charge in [-0.3, -0.25) is 0 Å². The van der Waals surface area contributed by atoms with Gasteiger partial charge in [-0.25, -0.2) is 8.42 Å². The fourth-order valence-corrected chi connectivity index (χ4v) is 2.88. The first kappa shape index (κ1) is 13.2. The van der Waals surface area contributed by atoms with Gasteiger partial charge < -0.3 is 9.52 Å². The predicted octanol–water partition coefficient (Wildman–Crippen LogP) is 1.19. The van der Waals surface area contributed by atoms with E-state index in [1.54, 1.807) is 6.92 Å². The molecule has 0 fully saturated rings. The molecule has 1 aromatic heterocycles. The molecule has 0 radical (unpaired) electrons. The lowest BCUT2D eigenvalue weighted by Gasteiger charge is -2.17. The highest BCUT2D eigenvalue weighted by Crippen LogP contribution is 2.18. The molecule has 0 saturated heterocycles. The number of furan rings is 1. The quantitative estimate of drug-likeness (QED) is 0.819. The minimum atomic E-state index is -3.55. The van der Waals surface area contributed by atoms with Crippen LogP contribution in [0, 0.1) is 0 Å². The summed E-state index contributed by atoms with van der Waals surface area (Å²) in [7, 11) is -3.55. The fourth-order valence-electron chi connectivity index (χ4n) is 1.41. The Bertz CT molecular complexity index is 424. The number of aliphatic hydroxyl groups excluding tert-OH is 1. The molecule has 0 aromatic carbocycles. The van der Waals surface area contributed by atoms with Crippen LogP contribution in [0.25, 0.3) is 0 Å². The zero-order chi connectivity index (χ0) is 12.2. The number of aliphatic hydroxyl groups is 1. The average molecular weight is 247 g/mol. The van der Waals surface area contributed by atoms with Crippen molar-refractivity contribution in [1.82, 2.24) is 4.31 Å². The van der Waals surface area contributed by atoms with Crippen LogP contribution >= 0.6 is 0 Å². The summed E-state index contributed by atoms with van der Waals surface area (Å²) < 4.78 is 30.5. The zero-order valence-electron chi connectivity index (χ0n) is 9.51. The zero-order valence-corrected chi connectivity index (χ0v) is 10.3. The Morgan fingerprint density at radius 3 is 2.50 bits per heavy atom. The summed E-state index contributed by atoms with van der Waals surface area (Å²) in [5.74, 6) is 0.256. The van der Waals surface area contributed by atoms with E-state index in [9.17, 15) is 8.42 Å². The summed E-state index contributed by atoms with van der Waals surface area (Å²) in [5.41, 5.74) is 0. The van der Waals surface area contributed by atoms with Gasteiger partial charge in [-0.2, -0.15) is 4.31 Å². The normalized spacial score (nSPS) is 12.2. The maximum atomic E-state index is 12.0. The van der Waals surface area contributed by atoms with Crippen molar-refractivity contribution < 1.29 is 17.9 Å². The Hall–Kier alpha value is -0.850. The van der Waals surface area contributed by atoms with Gasteiger partial charge in [0.1, 0.15) is 12.4 Å². The van der Waals surface area contributed by atoms with Crippen LogP contribution in [0.3, 0.4) is 0 Å². The number of nitrogens with zero attached hydrogens (tertiary/aromatic N) is 1. The van der Waals surface area contributed by atoms with Crippen molar-refractivity contribution in [1.29, 1.82) is 0 Å². The van der Waals surface area contributed by atoms with Crippen molar-refractivity contribution in [2.45, 2.75) is 32.0 Å². The second-order valence-corrected chi connectivity index (χ2v) is 5.24. The van der Waals surface area contributed by atoms with Crippen molar-refractivity contribution in [3.05, 3.63) is 17.9 Å². The third-order valence-electron chi connectivity index (χ3n) is 2.21. The molecular weight excluding hydrogens is 230 g/mol. The van der Waals surface area contributed by atoms with Crippen LogP contribution in [0.5, 0.6) is 0 Å². The maximum absolute atomic E-state index is 12.0. The van der Waals surface area contributed by atoms with E-state index in [0.29, 0.717) is 13.1 Å². The number of rotatable bonds is 6. The maximum Gasteiger partial charge on any atom is 0.276 e. The molecule has 92 valence electrons. The van der Waals surface area contributed by atoms with Crippen LogP contribution in [0.1, 0.15) is 26.0 Å². The van der Waals surface area contributed by atoms with Gasteiger partial charge in [0, 0.05) is 13.1 Å². The van der Waals surface area contributed by atoms with Crippen LogP contribution in [-0.4, -0.2) is 30.9 Å². The van der Waals surface area contributed by atoms with E-state index in [2.05, 4.69) is 0 Å². The summed E-state index contributed by atoms with van der Waals surface area (Å²) in [6, 6.07) is 2.84. The molecule has 0 atom stereocenters. The lowest BCUT2D eigenvalue weighted by molar-refractivity contribution is 0.235. The molecule has 1 N–H and O–H groups in total. The van der Waals surface area contributed by atoms with Crippen LogP contribution < -0.4 is 0 Å². The van der Waals surface area contributed by atoms with Crippen LogP contribution in [0.4, 0.5) is 0 Å². The molecular formula is C10H17NO4S. The molecule has 0 spiro atoms. The van der Waals surface area contributed by atoms with Crippen molar-refractivity contribution in [2.75, 3.05) is 13.1 Å². The largest absolute Gasteiger partial charge is 0.446 e. The molecule has 0 aliphatic rings. The monoisotopic (exact) mass is 247 g/mol. The molecule has 0 bridgehead atoms. The Labute approximate surface area is 95.7 Å². The lowest BCUT2D eigenvalue weighted by atomic mass is 10.5. The smallest absolute Gasteiger partial charge is 0.276 e. The number of hydrogen-bond acceptors (Lipinski definition) is 4. The molecule has 1 rings (SSSR count). The molecule has 0 unspecified atom stereocenters. The standard InChI is InChI=1S/C10H17NO4S/c1-3-7-11(4-2)16(13,14)10-6-5-9(8-12)15-10/h5-6,12H,3-4,7-8H2,1-2H3. The molecule has 6 heteroatoms. The topological polar surface area (TPSA) is 70.8 Å². The Balaban J connectivity index is 2.99. The second kappa shape index (κ2) is 5.47. The summed E-state index contributed by atoms with van der Waals surface area (Å²) in [6.07, 6.45) is 0.751. The molecule has 5 nitrogen and oxygen atoms in total. The average Bonchev–Trinajstić information content (AvgIpc) is 2.74. The highest BCUT2D eigenvalue weighted by molar-refractivity contribution is 7.89. The van der Waals surface area contributed by atoms with Gasteiger partial charge in [-0.15, -0.1) is 0 Å². The fraction of sp³-hybridized carbons (Fsp3) is 0.600. The molecule has 1 aromatic rings. The molecule has 1 heterocycles. The Morgan fingerprint density at radius 2 is 2.06 bits per heavy atom. The van der Waals surface area contributed by atoms with Gasteiger partial charge in [0.05, 0.1) is 0 Å². The van der Waals surface area contributed by atoms with Crippen LogP contribution in [0.15, 0.2) is 21.6 Å². The SMILES string of the molecule is CCCN(CC)S(=O)(=O)c1ccc(CO)o1. The van der Waals surface area contributed by atoms with Gasteiger partial charge in [0.2, 0.25) is 5.09 Å². The van der Waals surface area contributed by atoms with E-state index in [0.717, 1.165) is 6.42 Å². The molecule has 0 saturated carbocycles. The van der Waals surface area contributed by atoms with Crippen molar-refractivity contribution in [3.63, 3.8) is 0 Å². The van der Waals surface area contributed by atoms with E-state index >= 15 is 0 Å². The Kier molecular flexibility index (Phi) is 4.52. The third kappa shape index (κ3) is 2.63. The minimum absolute atomic E-state index is 0.105. The lowest BCUT2D eigenvalue weighted by Crippen LogP contribution is -2.31. The van der Waals surface area contributed by atoms with Crippen molar-refractivity contribution >= 4 is 10.0 Å². The van der Waals surface area contributed by atoms with Gasteiger partial charge in [-0.1, -0.05) is 13.8 Å². The summed E-state index contributed by atoms with van der Waals surface area (Å²) in [5, 5.41) is 8.71. The first-order valence-electron chi connectivity index (χ1n) is 5.26. The van der Waals surface area contributed by atoms with E-state index in [4.69, 9.17) is 9.52 Å². The number of sulfonamides is 1. The van der Waals surface area contributed by atoms with Crippen molar-refractivity contribution in [3.8, 4) is 0 Å². The summed E-state index contributed by atoms with van der Waals surface area (Å²) >= 11 is 0. The molecule has 0 aliphatic carbocycles. The van der Waals surface area contributed by atoms with Gasteiger partial charge in [0.15, 0.2) is 0 Å². The molecule has 0 amide bonds. The summed E-state index contributed by atoms with van der Waals surface area (Å²) in [4.78, 5) is 0. The second-order valence-electron chi connectivity index (χ2n) is 3.38. The van der Waals surface area contributed by atoms with Gasteiger partial charge in [-0.05, 0) is 18.6 Å². The van der Waals surface area contributed by atoms with E-state index in [-0.39, 0.29) is 17.5 Å². The van der Waals surface area contributed by atoms with Gasteiger partial charge in [0.25, 0.3) is 10.0 Å². The highest BCUT2D eigenvalue weighted by Gasteiger charge is 2.25. The van der Waals surface area contributed by atoms with Crippen LogP contribution in [-0.2, 0) is 16.6 Å². The number of hydrogen-bond donors (Lipinski definition) is 1. The van der Waals surface area contributed by atoms with E-state index < -0.39 is 10.0 Å². The van der Waals surface area contributed by atoms with E-state index in [1.165, 1.54) is 16.4 Å². The molecule has 16 heavy (non-hydrogen) atoms. The van der Waals surface area contributed by atoms with Crippen molar-refractivity contribution in [2.24, 2.45) is 0 Å². The first-order valence-corrected chi connectivity index (χ1v) is 6.70.